The molecule has 2 rings (SSSR count). The van der Waals surface area contributed by atoms with Crippen molar-refractivity contribution in [1.29, 1.82) is 0 Å². The second kappa shape index (κ2) is 6.99. The highest BCUT2D eigenvalue weighted by Crippen LogP contribution is 2.17. The molecule has 0 bridgehead atoms. The zero-order chi connectivity index (χ0) is 13.7. The van der Waals surface area contributed by atoms with E-state index in [1.54, 1.807) is 4.31 Å². The van der Waals surface area contributed by atoms with Gasteiger partial charge in [0.05, 0.1) is 12.4 Å². The number of piperazine rings is 1. The van der Waals surface area contributed by atoms with E-state index in [1.165, 1.54) is 0 Å². The van der Waals surface area contributed by atoms with E-state index < -0.39 is 10.0 Å². The zero-order valence-electron chi connectivity index (χ0n) is 11.4. The summed E-state index contributed by atoms with van der Waals surface area (Å²) in [4.78, 5) is 2.11. The van der Waals surface area contributed by atoms with Gasteiger partial charge in [-0.25, -0.2) is 8.42 Å². The second-order valence-corrected chi connectivity index (χ2v) is 7.45. The lowest BCUT2D eigenvalue weighted by Gasteiger charge is -2.34. The summed E-state index contributed by atoms with van der Waals surface area (Å²) in [6.45, 7) is 5.23. The molecule has 0 amide bonds. The van der Waals surface area contributed by atoms with Gasteiger partial charge in [0.25, 0.3) is 0 Å². The Morgan fingerprint density at radius 2 is 1.74 bits per heavy atom. The van der Waals surface area contributed by atoms with Gasteiger partial charge in [0, 0.05) is 32.7 Å². The van der Waals surface area contributed by atoms with Crippen LogP contribution in [-0.4, -0.2) is 80.9 Å². The van der Waals surface area contributed by atoms with E-state index >= 15 is 0 Å². The maximum Gasteiger partial charge on any atom is 0.214 e. The third kappa shape index (κ3) is 4.39. The Balaban J connectivity index is 1.83. The molecule has 0 radical (unpaired) electrons. The summed E-state index contributed by atoms with van der Waals surface area (Å²) >= 11 is 0. The van der Waals surface area contributed by atoms with Crippen LogP contribution in [0.2, 0.25) is 0 Å². The number of hydrogen-bond acceptors (Lipinski definition) is 5. The summed E-state index contributed by atoms with van der Waals surface area (Å²) in [6.07, 6.45) is 1.92. The molecule has 2 aliphatic rings. The van der Waals surface area contributed by atoms with Gasteiger partial charge in [-0.15, -0.1) is 0 Å². The number of nitrogens with zero attached hydrogens (tertiary/aromatic N) is 2. The molecule has 0 atom stereocenters. The molecule has 19 heavy (non-hydrogen) atoms. The number of aliphatic hydroxyl groups is 1. The fourth-order valence-corrected chi connectivity index (χ4v) is 4.68. The molecule has 0 aromatic heterocycles. The predicted molar refractivity (Wildman–Crippen MR) is 74.5 cm³/mol. The van der Waals surface area contributed by atoms with Gasteiger partial charge < -0.3 is 10.4 Å². The quantitative estimate of drug-likeness (QED) is 0.674. The third-order valence-corrected chi connectivity index (χ3v) is 6.09. The van der Waals surface area contributed by atoms with Gasteiger partial charge in [-0.05, 0) is 31.8 Å². The van der Waals surface area contributed by atoms with Crippen LogP contribution in [0.4, 0.5) is 0 Å². The molecule has 0 saturated carbocycles. The van der Waals surface area contributed by atoms with Crippen molar-refractivity contribution in [1.82, 2.24) is 14.5 Å². The normalized spacial score (nSPS) is 24.7. The summed E-state index contributed by atoms with van der Waals surface area (Å²) < 4.78 is 26.3. The molecule has 2 N–H and O–H groups in total. The molecule has 112 valence electrons. The number of nitrogens with one attached hydrogen (secondary N) is 1. The highest BCUT2D eigenvalue weighted by atomic mass is 32.2. The fraction of sp³-hybridized carbons (Fsp3) is 1.00. The largest absolute Gasteiger partial charge is 0.395 e. The SMILES string of the molecule is O=S(=O)(CC1CCNCC1)N1CCN(CCO)CC1. The van der Waals surface area contributed by atoms with Crippen molar-refractivity contribution < 1.29 is 13.5 Å². The number of piperidine rings is 1. The highest BCUT2D eigenvalue weighted by molar-refractivity contribution is 7.89. The van der Waals surface area contributed by atoms with E-state index in [1.807, 2.05) is 0 Å². The summed E-state index contributed by atoms with van der Waals surface area (Å²) in [5.41, 5.74) is 0. The van der Waals surface area contributed by atoms with Crippen molar-refractivity contribution in [3.05, 3.63) is 0 Å². The van der Waals surface area contributed by atoms with E-state index in [-0.39, 0.29) is 6.61 Å². The van der Waals surface area contributed by atoms with Gasteiger partial charge in [-0.2, -0.15) is 4.31 Å². The zero-order valence-corrected chi connectivity index (χ0v) is 12.2. The van der Waals surface area contributed by atoms with E-state index in [9.17, 15) is 8.42 Å². The molecular formula is C12H25N3O3S. The molecule has 2 saturated heterocycles. The molecule has 0 aliphatic carbocycles. The molecule has 7 heteroatoms. The summed E-state index contributed by atoms with van der Waals surface area (Å²) in [5.74, 6) is 0.607. The van der Waals surface area contributed by atoms with Crippen molar-refractivity contribution in [3.63, 3.8) is 0 Å². The topological polar surface area (TPSA) is 72.9 Å². The first-order valence-electron chi connectivity index (χ1n) is 7.13. The van der Waals surface area contributed by atoms with Crippen LogP contribution < -0.4 is 5.32 Å². The van der Waals surface area contributed by atoms with Crippen LogP contribution in [0, 0.1) is 5.92 Å². The monoisotopic (exact) mass is 291 g/mol. The van der Waals surface area contributed by atoms with Crippen LogP contribution in [0.3, 0.4) is 0 Å². The lowest BCUT2D eigenvalue weighted by atomic mass is 10.0. The van der Waals surface area contributed by atoms with Crippen molar-refractivity contribution >= 4 is 10.0 Å². The van der Waals surface area contributed by atoms with Crippen LogP contribution in [0.25, 0.3) is 0 Å². The molecule has 2 aliphatic heterocycles. The predicted octanol–water partition coefficient (Wildman–Crippen LogP) is -1.07. The van der Waals surface area contributed by atoms with Crippen molar-refractivity contribution in [2.45, 2.75) is 12.8 Å². The van der Waals surface area contributed by atoms with Crippen LogP contribution in [0.5, 0.6) is 0 Å². The van der Waals surface area contributed by atoms with E-state index in [0.29, 0.717) is 31.3 Å². The molecule has 0 unspecified atom stereocenters. The lowest BCUT2D eigenvalue weighted by molar-refractivity contribution is 0.151. The Labute approximate surface area is 115 Å². The smallest absolute Gasteiger partial charge is 0.214 e. The number of aliphatic hydroxyl groups excluding tert-OH is 1. The Morgan fingerprint density at radius 1 is 1.11 bits per heavy atom. The Bertz CT molecular complexity index is 360. The molecule has 2 fully saturated rings. The van der Waals surface area contributed by atoms with Crippen LogP contribution in [-0.2, 0) is 10.0 Å². The van der Waals surface area contributed by atoms with Gasteiger partial charge in [0.2, 0.25) is 10.0 Å². The van der Waals surface area contributed by atoms with Gasteiger partial charge in [-0.3, -0.25) is 4.90 Å². The van der Waals surface area contributed by atoms with Gasteiger partial charge in [0.1, 0.15) is 0 Å². The molecule has 6 nitrogen and oxygen atoms in total. The van der Waals surface area contributed by atoms with Crippen LogP contribution in [0.15, 0.2) is 0 Å². The first-order chi connectivity index (χ1) is 9.12. The van der Waals surface area contributed by atoms with Crippen molar-refractivity contribution in [2.24, 2.45) is 5.92 Å². The first-order valence-corrected chi connectivity index (χ1v) is 8.74. The minimum absolute atomic E-state index is 0.141. The Morgan fingerprint density at radius 3 is 2.32 bits per heavy atom. The van der Waals surface area contributed by atoms with E-state index in [2.05, 4.69) is 10.2 Å². The Kier molecular flexibility index (Phi) is 5.58. The van der Waals surface area contributed by atoms with Crippen LogP contribution >= 0.6 is 0 Å². The maximum absolute atomic E-state index is 12.4. The summed E-state index contributed by atoms with van der Waals surface area (Å²) in [6, 6.07) is 0. The number of hydrogen-bond donors (Lipinski definition) is 2. The molecular weight excluding hydrogens is 266 g/mol. The lowest BCUT2D eigenvalue weighted by Crippen LogP contribution is -2.50. The van der Waals surface area contributed by atoms with Crippen LogP contribution in [0.1, 0.15) is 12.8 Å². The minimum atomic E-state index is -3.10. The maximum atomic E-state index is 12.4. The summed E-state index contributed by atoms with van der Waals surface area (Å²) in [7, 11) is -3.10. The average molecular weight is 291 g/mol. The van der Waals surface area contributed by atoms with Crippen molar-refractivity contribution in [2.75, 3.05) is 58.2 Å². The Hall–Kier alpha value is -0.210. The second-order valence-electron chi connectivity index (χ2n) is 5.44. The molecule has 0 spiro atoms. The van der Waals surface area contributed by atoms with Crippen molar-refractivity contribution in [3.8, 4) is 0 Å². The third-order valence-electron chi connectivity index (χ3n) is 4.05. The molecule has 0 aromatic rings. The number of rotatable bonds is 5. The minimum Gasteiger partial charge on any atom is -0.395 e. The van der Waals surface area contributed by atoms with Gasteiger partial charge in [-0.1, -0.05) is 0 Å². The van der Waals surface area contributed by atoms with E-state index in [4.69, 9.17) is 5.11 Å². The number of sulfonamides is 1. The van der Waals surface area contributed by atoms with Gasteiger partial charge >= 0.3 is 0 Å². The highest BCUT2D eigenvalue weighted by Gasteiger charge is 2.29. The first kappa shape index (κ1) is 15.2. The fourth-order valence-electron chi connectivity index (χ4n) is 2.82. The average Bonchev–Trinajstić information content (AvgIpc) is 2.40. The summed E-state index contributed by atoms with van der Waals surface area (Å²) in [5, 5.41) is 12.1. The molecule has 2 heterocycles. The molecule has 0 aromatic carbocycles. The van der Waals surface area contributed by atoms with Gasteiger partial charge in [0.15, 0.2) is 0 Å². The number of β-amino-alcohol motifs (C(OH)–C–C–N with tert-alkyl or cyclic N) is 1. The van der Waals surface area contributed by atoms with E-state index in [0.717, 1.165) is 39.0 Å². The standard InChI is InChI=1S/C12H25N3O3S/c16-10-9-14-5-7-15(8-6-14)19(17,18)11-12-1-3-13-4-2-12/h12-13,16H,1-11H2.